The molecule has 0 radical (unpaired) electrons. The van der Waals surface area contributed by atoms with Crippen molar-refractivity contribution in [2.75, 3.05) is 13.6 Å². The van der Waals surface area contributed by atoms with Crippen molar-refractivity contribution in [1.29, 1.82) is 0 Å². The van der Waals surface area contributed by atoms with Gasteiger partial charge in [0.25, 0.3) is 0 Å². The first-order chi connectivity index (χ1) is 6.10. The molecule has 1 aliphatic carbocycles. The van der Waals surface area contributed by atoms with Gasteiger partial charge in [0.15, 0.2) is 0 Å². The number of allylic oxidation sites excluding steroid dienone is 1. The van der Waals surface area contributed by atoms with Crippen molar-refractivity contribution in [2.45, 2.75) is 31.2 Å². The van der Waals surface area contributed by atoms with Crippen LogP contribution in [0.5, 0.6) is 0 Å². The first-order valence-corrected chi connectivity index (χ1v) is 4.75. The molecule has 0 aromatic heterocycles. The number of unbranched alkanes of at least 4 members (excludes halogenated alkanes) is 1. The van der Waals surface area contributed by atoms with Gasteiger partial charge in [-0.2, -0.15) is 0 Å². The van der Waals surface area contributed by atoms with Gasteiger partial charge < -0.3 is 10.6 Å². The van der Waals surface area contributed by atoms with Crippen LogP contribution in [-0.2, 0) is 4.79 Å². The number of carbonyl (C=O) groups is 1. The molecule has 2 N–H and O–H groups in total. The first-order valence-electron chi connectivity index (χ1n) is 4.75. The van der Waals surface area contributed by atoms with Crippen molar-refractivity contribution in [1.82, 2.24) is 4.90 Å². The third-order valence-electron chi connectivity index (χ3n) is 2.46. The van der Waals surface area contributed by atoms with E-state index in [0.29, 0.717) is 0 Å². The zero-order valence-corrected chi connectivity index (χ0v) is 8.25. The summed E-state index contributed by atoms with van der Waals surface area (Å²) in [7, 11) is 1.82. The molecule has 1 saturated carbocycles. The van der Waals surface area contributed by atoms with Crippen LogP contribution in [0.25, 0.3) is 0 Å². The van der Waals surface area contributed by atoms with E-state index in [0.717, 1.165) is 32.2 Å². The number of hydrogen-bond acceptors (Lipinski definition) is 2. The number of carbonyl (C=O) groups excluding carboxylic acids is 1. The summed E-state index contributed by atoms with van der Waals surface area (Å²) in [5, 5.41) is 0. The van der Waals surface area contributed by atoms with Gasteiger partial charge in [-0.25, -0.2) is 0 Å². The first kappa shape index (κ1) is 10.3. The Hall–Kier alpha value is -0.830. The number of nitrogens with two attached hydrogens (primary N) is 1. The molecule has 1 amide bonds. The molecule has 0 aromatic rings. The van der Waals surface area contributed by atoms with Crippen molar-refractivity contribution in [3.05, 3.63) is 12.7 Å². The Balaban J connectivity index is 2.26. The van der Waals surface area contributed by atoms with Gasteiger partial charge in [-0.3, -0.25) is 4.79 Å². The van der Waals surface area contributed by atoms with E-state index in [-0.39, 0.29) is 5.91 Å². The molecule has 3 heteroatoms. The van der Waals surface area contributed by atoms with Crippen molar-refractivity contribution < 1.29 is 4.79 Å². The van der Waals surface area contributed by atoms with Crippen LogP contribution >= 0.6 is 0 Å². The lowest BCUT2D eigenvalue weighted by molar-refractivity contribution is -0.132. The van der Waals surface area contributed by atoms with Gasteiger partial charge in [-0.1, -0.05) is 6.08 Å². The molecule has 1 aliphatic rings. The van der Waals surface area contributed by atoms with Crippen molar-refractivity contribution in [3.8, 4) is 0 Å². The van der Waals surface area contributed by atoms with Gasteiger partial charge in [0.2, 0.25) is 5.91 Å². The molecular formula is C10H18N2O. The van der Waals surface area contributed by atoms with Crippen molar-refractivity contribution in [3.63, 3.8) is 0 Å². The summed E-state index contributed by atoms with van der Waals surface area (Å²) in [6.45, 7) is 4.42. The highest BCUT2D eigenvalue weighted by atomic mass is 16.2. The lowest BCUT2D eigenvalue weighted by Gasteiger charge is -2.20. The normalized spacial score (nSPS) is 18.0. The van der Waals surface area contributed by atoms with E-state index in [4.69, 9.17) is 5.73 Å². The molecule has 1 rings (SSSR count). The van der Waals surface area contributed by atoms with Gasteiger partial charge in [0.1, 0.15) is 0 Å². The molecule has 0 heterocycles. The average molecular weight is 182 g/mol. The Morgan fingerprint density at radius 2 is 2.31 bits per heavy atom. The van der Waals surface area contributed by atoms with Gasteiger partial charge in [0, 0.05) is 13.6 Å². The minimum absolute atomic E-state index is 0.0940. The maximum absolute atomic E-state index is 11.6. The summed E-state index contributed by atoms with van der Waals surface area (Å²) in [6.07, 6.45) is 5.49. The standard InChI is InChI=1S/C10H18N2O/c1-3-4-5-8-12(2)9(13)10(11)6-7-10/h3H,1,4-8,11H2,2H3. The lowest BCUT2D eigenvalue weighted by Crippen LogP contribution is -2.44. The van der Waals surface area contributed by atoms with E-state index in [1.54, 1.807) is 4.90 Å². The molecule has 1 fully saturated rings. The molecule has 0 aromatic carbocycles. The zero-order chi connectivity index (χ0) is 9.90. The number of rotatable bonds is 5. The Morgan fingerprint density at radius 1 is 1.69 bits per heavy atom. The predicted octanol–water partition coefficient (Wildman–Crippen LogP) is 0.902. The second-order valence-electron chi connectivity index (χ2n) is 3.81. The van der Waals surface area contributed by atoms with Gasteiger partial charge in [-0.15, -0.1) is 6.58 Å². The minimum Gasteiger partial charge on any atom is -0.344 e. The summed E-state index contributed by atoms with van der Waals surface area (Å²) in [6, 6.07) is 0. The Labute approximate surface area is 79.6 Å². The Kier molecular flexibility index (Phi) is 3.09. The number of nitrogens with zero attached hydrogens (tertiary/aromatic N) is 1. The van der Waals surface area contributed by atoms with Crippen LogP contribution in [-0.4, -0.2) is 29.9 Å². The summed E-state index contributed by atoms with van der Waals surface area (Å²) in [4.78, 5) is 13.3. The van der Waals surface area contributed by atoms with Crippen molar-refractivity contribution >= 4 is 5.91 Å². The van der Waals surface area contributed by atoms with E-state index < -0.39 is 5.54 Å². The van der Waals surface area contributed by atoms with Crippen LogP contribution in [0, 0.1) is 0 Å². The molecule has 0 spiro atoms. The smallest absolute Gasteiger partial charge is 0.242 e. The SMILES string of the molecule is C=CCCCN(C)C(=O)C1(N)CC1. The molecule has 0 unspecified atom stereocenters. The maximum atomic E-state index is 11.6. The van der Waals surface area contributed by atoms with Crippen LogP contribution in [0.4, 0.5) is 0 Å². The third-order valence-corrected chi connectivity index (χ3v) is 2.46. The van der Waals surface area contributed by atoms with E-state index in [2.05, 4.69) is 6.58 Å². The van der Waals surface area contributed by atoms with Crippen LogP contribution in [0.2, 0.25) is 0 Å². The molecule has 0 aliphatic heterocycles. The average Bonchev–Trinajstić information content (AvgIpc) is 2.84. The van der Waals surface area contributed by atoms with E-state index in [1.165, 1.54) is 0 Å². The monoisotopic (exact) mass is 182 g/mol. The summed E-state index contributed by atoms with van der Waals surface area (Å²) < 4.78 is 0. The second-order valence-corrected chi connectivity index (χ2v) is 3.81. The number of likely N-dealkylation sites (N-methyl/N-ethyl adjacent to an activating group) is 1. The van der Waals surface area contributed by atoms with Crippen molar-refractivity contribution in [2.24, 2.45) is 5.73 Å². The quantitative estimate of drug-likeness (QED) is 0.507. The molecule has 74 valence electrons. The highest BCUT2D eigenvalue weighted by molar-refractivity contribution is 5.88. The summed E-state index contributed by atoms with van der Waals surface area (Å²) in [5.41, 5.74) is 5.27. The summed E-state index contributed by atoms with van der Waals surface area (Å²) >= 11 is 0. The molecule has 13 heavy (non-hydrogen) atoms. The maximum Gasteiger partial charge on any atom is 0.242 e. The fourth-order valence-corrected chi connectivity index (χ4v) is 1.30. The number of amides is 1. The van der Waals surface area contributed by atoms with Crippen LogP contribution in [0.1, 0.15) is 25.7 Å². The highest BCUT2D eigenvalue weighted by Gasteiger charge is 2.47. The van der Waals surface area contributed by atoms with E-state index >= 15 is 0 Å². The molecule has 0 saturated heterocycles. The zero-order valence-electron chi connectivity index (χ0n) is 8.25. The second kappa shape index (κ2) is 3.92. The van der Waals surface area contributed by atoms with Gasteiger partial charge in [-0.05, 0) is 25.7 Å². The highest BCUT2D eigenvalue weighted by Crippen LogP contribution is 2.33. The molecule has 3 nitrogen and oxygen atoms in total. The third kappa shape index (κ3) is 2.56. The number of hydrogen-bond donors (Lipinski definition) is 1. The van der Waals surface area contributed by atoms with E-state index in [9.17, 15) is 4.79 Å². The Bertz CT molecular complexity index is 209. The largest absolute Gasteiger partial charge is 0.344 e. The fraction of sp³-hybridized carbons (Fsp3) is 0.700. The van der Waals surface area contributed by atoms with Crippen LogP contribution in [0.3, 0.4) is 0 Å². The predicted molar refractivity (Wildman–Crippen MR) is 53.2 cm³/mol. The van der Waals surface area contributed by atoms with Gasteiger partial charge >= 0.3 is 0 Å². The van der Waals surface area contributed by atoms with Gasteiger partial charge in [0.05, 0.1) is 5.54 Å². The van der Waals surface area contributed by atoms with Crippen LogP contribution < -0.4 is 5.73 Å². The molecule has 0 bridgehead atoms. The molecular weight excluding hydrogens is 164 g/mol. The lowest BCUT2D eigenvalue weighted by atomic mass is 10.2. The van der Waals surface area contributed by atoms with E-state index in [1.807, 2.05) is 13.1 Å². The van der Waals surface area contributed by atoms with Crippen LogP contribution in [0.15, 0.2) is 12.7 Å². The topological polar surface area (TPSA) is 46.3 Å². The Morgan fingerprint density at radius 3 is 2.77 bits per heavy atom. The molecule has 0 atom stereocenters. The fourth-order valence-electron chi connectivity index (χ4n) is 1.30. The summed E-state index contributed by atoms with van der Waals surface area (Å²) in [5.74, 6) is 0.0940. The minimum atomic E-state index is -0.511.